The van der Waals surface area contributed by atoms with E-state index >= 15 is 0 Å². The summed E-state index contributed by atoms with van der Waals surface area (Å²) in [6.07, 6.45) is 0. The highest BCUT2D eigenvalue weighted by Crippen LogP contribution is 2.65. The molecule has 3 aliphatic carbocycles. The van der Waals surface area contributed by atoms with Crippen molar-refractivity contribution < 1.29 is 0 Å². The Kier molecular flexibility index (Phi) is 6.94. The van der Waals surface area contributed by atoms with Gasteiger partial charge in [0, 0.05) is 42.5 Å². The Bertz CT molecular complexity index is 3370. The van der Waals surface area contributed by atoms with E-state index in [2.05, 4.69) is 219 Å². The second-order valence-corrected chi connectivity index (χ2v) is 18.3. The van der Waals surface area contributed by atoms with Gasteiger partial charge in [-0.2, -0.15) is 0 Å². The normalized spacial score (nSPS) is 14.4. The van der Waals surface area contributed by atoms with Crippen LogP contribution in [0.25, 0.3) is 64.7 Å². The van der Waals surface area contributed by atoms with Crippen molar-refractivity contribution in [1.29, 1.82) is 0 Å². The number of hydrogen-bond acceptors (Lipinski definition) is 2. The molecule has 10 aromatic rings. The van der Waals surface area contributed by atoms with Crippen molar-refractivity contribution in [1.82, 2.24) is 0 Å². The lowest BCUT2D eigenvalue weighted by molar-refractivity contribution is 0.660. The van der Waals surface area contributed by atoms with Gasteiger partial charge in [-0.25, -0.2) is 0 Å². The molecule has 282 valence electrons. The first-order chi connectivity index (χ1) is 29.5. The highest BCUT2D eigenvalue weighted by atomic mass is 32.1. The van der Waals surface area contributed by atoms with Gasteiger partial charge in [0.15, 0.2) is 0 Å². The Morgan fingerprint density at radius 1 is 0.367 bits per heavy atom. The van der Waals surface area contributed by atoms with Gasteiger partial charge in [0.1, 0.15) is 0 Å². The quantitative estimate of drug-likeness (QED) is 0.172. The fourth-order valence-corrected chi connectivity index (χ4v) is 12.4. The van der Waals surface area contributed by atoms with E-state index in [-0.39, 0.29) is 5.41 Å². The van der Waals surface area contributed by atoms with Gasteiger partial charge in [-0.15, -0.1) is 11.3 Å². The highest BCUT2D eigenvalue weighted by molar-refractivity contribution is 7.25. The summed E-state index contributed by atoms with van der Waals surface area (Å²) in [6.45, 7) is 4.76. The molecular weight excluding hydrogens is 743 g/mol. The smallest absolute Gasteiger partial charge is 0.0726 e. The van der Waals surface area contributed by atoms with Crippen LogP contribution in [0.5, 0.6) is 0 Å². The third kappa shape index (κ3) is 4.41. The van der Waals surface area contributed by atoms with Crippen LogP contribution in [-0.4, -0.2) is 0 Å². The third-order valence-corrected chi connectivity index (χ3v) is 15.0. The number of hydrogen-bond donors (Lipinski definition) is 0. The highest BCUT2D eigenvalue weighted by Gasteiger charge is 2.52. The monoisotopic (exact) mass is 781 g/mol. The van der Waals surface area contributed by atoms with Crippen molar-refractivity contribution in [2.45, 2.75) is 24.7 Å². The largest absolute Gasteiger partial charge is 0.310 e. The molecule has 0 N–H and O–H groups in total. The SMILES string of the molecule is CC1(C)c2ccccc2-c2ccc(N(c3ccc(-c4ccc5c(c4)sc4ccccc45)cc3)c3cccc4c3-c3ccccc3C43c4ccccc4-c4ccccc43)cc21. The van der Waals surface area contributed by atoms with E-state index in [1.165, 1.54) is 104 Å². The predicted octanol–water partition coefficient (Wildman–Crippen LogP) is 15.8. The maximum atomic E-state index is 2.53. The molecule has 0 atom stereocenters. The topological polar surface area (TPSA) is 3.24 Å². The van der Waals surface area contributed by atoms with Gasteiger partial charge in [0.05, 0.1) is 11.1 Å². The van der Waals surface area contributed by atoms with Gasteiger partial charge in [0.25, 0.3) is 0 Å². The third-order valence-electron chi connectivity index (χ3n) is 13.9. The molecule has 1 nitrogen and oxygen atoms in total. The molecule has 3 aliphatic rings. The summed E-state index contributed by atoms with van der Waals surface area (Å²) in [5.74, 6) is 0. The molecule has 0 saturated carbocycles. The van der Waals surface area contributed by atoms with Crippen LogP contribution in [-0.2, 0) is 10.8 Å². The second-order valence-electron chi connectivity index (χ2n) is 17.2. The standard InChI is InChI=1S/C58H39NS/c1-57(2)47-19-8-3-14-40(47)43-33-31-39(35-52(43)57)59(38-29-26-36(27-30-38)37-28-32-45-44-17-7-12-25-54(44)60-55(45)34-37)53-24-13-23-51-56(53)46-18-6-11-22-50(46)58(51)48-20-9-4-15-41(48)42-16-5-10-21-49(42)58/h3-35H,1-2H3. The van der Waals surface area contributed by atoms with Crippen molar-refractivity contribution >= 4 is 48.6 Å². The van der Waals surface area contributed by atoms with Crippen LogP contribution in [0.15, 0.2) is 200 Å². The van der Waals surface area contributed by atoms with Crippen LogP contribution in [0.3, 0.4) is 0 Å². The number of anilines is 3. The van der Waals surface area contributed by atoms with E-state index in [0.29, 0.717) is 0 Å². The molecule has 0 unspecified atom stereocenters. The number of nitrogens with zero attached hydrogens (tertiary/aromatic N) is 1. The minimum absolute atomic E-state index is 0.130. The lowest BCUT2D eigenvalue weighted by atomic mass is 9.70. The van der Waals surface area contributed by atoms with E-state index in [0.717, 1.165) is 11.4 Å². The minimum atomic E-state index is -0.419. The molecule has 0 amide bonds. The maximum Gasteiger partial charge on any atom is 0.0726 e. The molecule has 0 radical (unpaired) electrons. The fraction of sp³-hybridized carbons (Fsp3) is 0.0690. The average molecular weight is 782 g/mol. The van der Waals surface area contributed by atoms with Crippen molar-refractivity contribution in [3.63, 3.8) is 0 Å². The van der Waals surface area contributed by atoms with Crippen LogP contribution in [0.1, 0.15) is 47.2 Å². The molecule has 0 bridgehead atoms. The molecule has 1 aromatic heterocycles. The molecule has 1 heterocycles. The molecular formula is C58H39NS. The zero-order chi connectivity index (χ0) is 39.7. The average Bonchev–Trinajstić information content (AvgIpc) is 3.99. The first kappa shape index (κ1) is 33.9. The summed E-state index contributed by atoms with van der Waals surface area (Å²) < 4.78 is 2.66. The summed E-state index contributed by atoms with van der Waals surface area (Å²) in [6, 6.07) is 75.4. The van der Waals surface area contributed by atoms with Crippen LogP contribution in [0.2, 0.25) is 0 Å². The Balaban J connectivity index is 1.04. The fourth-order valence-electron chi connectivity index (χ4n) is 11.3. The minimum Gasteiger partial charge on any atom is -0.310 e. The molecule has 2 heteroatoms. The van der Waals surface area contributed by atoms with Crippen LogP contribution in [0, 0.1) is 0 Å². The number of fused-ring (bicyclic) bond motifs is 16. The van der Waals surface area contributed by atoms with Gasteiger partial charge in [-0.05, 0) is 115 Å². The summed E-state index contributed by atoms with van der Waals surface area (Å²) in [7, 11) is 0. The second kappa shape index (κ2) is 12.3. The summed E-state index contributed by atoms with van der Waals surface area (Å²) in [5.41, 5.74) is 21.4. The van der Waals surface area contributed by atoms with Gasteiger partial charge in [-0.1, -0.05) is 172 Å². The summed E-state index contributed by atoms with van der Waals surface area (Å²) in [4.78, 5) is 2.53. The van der Waals surface area contributed by atoms with Crippen LogP contribution >= 0.6 is 11.3 Å². The van der Waals surface area contributed by atoms with E-state index < -0.39 is 5.41 Å². The Hall–Kier alpha value is -7.00. The molecule has 0 fully saturated rings. The Labute approximate surface area is 354 Å². The predicted molar refractivity (Wildman–Crippen MR) is 253 cm³/mol. The lowest BCUT2D eigenvalue weighted by Crippen LogP contribution is -2.26. The van der Waals surface area contributed by atoms with Crippen molar-refractivity contribution in [2.24, 2.45) is 0 Å². The van der Waals surface area contributed by atoms with Gasteiger partial charge in [0.2, 0.25) is 0 Å². The molecule has 13 rings (SSSR count). The van der Waals surface area contributed by atoms with Crippen LogP contribution in [0.4, 0.5) is 17.1 Å². The molecule has 60 heavy (non-hydrogen) atoms. The van der Waals surface area contributed by atoms with E-state index in [1.807, 2.05) is 11.3 Å². The Morgan fingerprint density at radius 2 is 0.900 bits per heavy atom. The molecule has 9 aromatic carbocycles. The first-order valence-corrected chi connectivity index (χ1v) is 21.8. The molecule has 0 saturated heterocycles. The Morgan fingerprint density at radius 3 is 1.63 bits per heavy atom. The first-order valence-electron chi connectivity index (χ1n) is 21.0. The van der Waals surface area contributed by atoms with Crippen LogP contribution < -0.4 is 4.90 Å². The summed E-state index contributed by atoms with van der Waals surface area (Å²) in [5, 5.41) is 2.66. The van der Waals surface area contributed by atoms with Crippen molar-refractivity contribution in [3.05, 3.63) is 234 Å². The maximum absolute atomic E-state index is 2.53. The molecule has 0 aliphatic heterocycles. The summed E-state index contributed by atoms with van der Waals surface area (Å²) >= 11 is 1.88. The van der Waals surface area contributed by atoms with E-state index in [1.54, 1.807) is 0 Å². The van der Waals surface area contributed by atoms with E-state index in [4.69, 9.17) is 0 Å². The molecule has 1 spiro atoms. The lowest BCUT2D eigenvalue weighted by Gasteiger charge is -2.32. The zero-order valence-electron chi connectivity index (χ0n) is 33.4. The number of benzene rings is 9. The zero-order valence-corrected chi connectivity index (χ0v) is 34.2. The van der Waals surface area contributed by atoms with Crippen molar-refractivity contribution in [2.75, 3.05) is 4.90 Å². The van der Waals surface area contributed by atoms with Gasteiger partial charge < -0.3 is 4.90 Å². The van der Waals surface area contributed by atoms with Gasteiger partial charge >= 0.3 is 0 Å². The van der Waals surface area contributed by atoms with Crippen molar-refractivity contribution in [3.8, 4) is 44.5 Å². The van der Waals surface area contributed by atoms with Gasteiger partial charge in [-0.3, -0.25) is 0 Å². The number of thiophene rings is 1. The number of rotatable bonds is 4. The van der Waals surface area contributed by atoms with E-state index in [9.17, 15) is 0 Å².